The topological polar surface area (TPSA) is 35.5 Å². The van der Waals surface area contributed by atoms with Gasteiger partial charge in [-0.25, -0.2) is 9.18 Å². The number of halogens is 2. The predicted octanol–water partition coefficient (Wildman–Crippen LogP) is 4.40. The second-order valence-corrected chi connectivity index (χ2v) is 4.84. The Kier molecular flexibility index (Phi) is 5.55. The standard InChI is InChI=1S/C17H14ClFO3/c1-2-9-21-17(20)12-4-7-15(8-5-12)22-11-13-3-6-14(19)10-16(13)18/h2-8,10H,1,9,11H2. The van der Waals surface area contributed by atoms with Gasteiger partial charge in [-0.2, -0.15) is 0 Å². The van der Waals surface area contributed by atoms with Crippen molar-refractivity contribution in [2.75, 3.05) is 6.61 Å². The SMILES string of the molecule is C=CCOC(=O)c1ccc(OCc2ccc(F)cc2Cl)cc1. The van der Waals surface area contributed by atoms with Gasteiger partial charge >= 0.3 is 5.97 Å². The molecule has 0 atom stereocenters. The molecule has 0 spiro atoms. The van der Waals surface area contributed by atoms with Crippen molar-refractivity contribution in [3.63, 3.8) is 0 Å². The molecule has 0 bridgehead atoms. The van der Waals surface area contributed by atoms with Crippen LogP contribution in [0.15, 0.2) is 55.1 Å². The first-order valence-electron chi connectivity index (χ1n) is 6.55. The van der Waals surface area contributed by atoms with Crippen molar-refractivity contribution in [3.05, 3.63) is 77.1 Å². The average molecular weight is 321 g/mol. The second kappa shape index (κ2) is 7.61. The fourth-order valence-electron chi connectivity index (χ4n) is 1.71. The maximum Gasteiger partial charge on any atom is 0.338 e. The van der Waals surface area contributed by atoms with Crippen molar-refractivity contribution in [2.24, 2.45) is 0 Å². The van der Waals surface area contributed by atoms with Gasteiger partial charge in [-0.1, -0.05) is 30.3 Å². The number of esters is 1. The first-order chi connectivity index (χ1) is 10.6. The van der Waals surface area contributed by atoms with Crippen molar-refractivity contribution in [3.8, 4) is 5.75 Å². The summed E-state index contributed by atoms with van der Waals surface area (Å²) >= 11 is 5.92. The summed E-state index contributed by atoms with van der Waals surface area (Å²) in [6.45, 7) is 3.85. The summed E-state index contributed by atoms with van der Waals surface area (Å²) in [4.78, 5) is 11.6. The zero-order chi connectivity index (χ0) is 15.9. The molecule has 2 rings (SSSR count). The Morgan fingerprint density at radius 3 is 2.59 bits per heavy atom. The molecule has 2 aromatic rings. The van der Waals surface area contributed by atoms with Gasteiger partial charge in [0.2, 0.25) is 0 Å². The molecular formula is C17H14ClFO3. The third kappa shape index (κ3) is 4.33. The smallest absolute Gasteiger partial charge is 0.338 e. The van der Waals surface area contributed by atoms with E-state index < -0.39 is 11.8 Å². The summed E-state index contributed by atoms with van der Waals surface area (Å²) in [5.41, 5.74) is 1.10. The van der Waals surface area contributed by atoms with Crippen LogP contribution in [0.3, 0.4) is 0 Å². The molecule has 0 heterocycles. The Labute approximate surface area is 132 Å². The molecule has 114 valence electrons. The van der Waals surface area contributed by atoms with E-state index in [9.17, 15) is 9.18 Å². The van der Waals surface area contributed by atoms with E-state index >= 15 is 0 Å². The minimum absolute atomic E-state index is 0.167. The van der Waals surface area contributed by atoms with Crippen LogP contribution in [0, 0.1) is 5.82 Å². The molecular weight excluding hydrogens is 307 g/mol. The molecule has 3 nitrogen and oxygen atoms in total. The maximum atomic E-state index is 12.9. The number of carbonyl (C=O) groups excluding carboxylic acids is 1. The van der Waals surface area contributed by atoms with E-state index in [0.717, 1.165) is 0 Å². The number of hydrogen-bond acceptors (Lipinski definition) is 3. The van der Waals surface area contributed by atoms with Crippen LogP contribution in [0.2, 0.25) is 5.02 Å². The van der Waals surface area contributed by atoms with Gasteiger partial charge in [0.15, 0.2) is 0 Å². The highest BCUT2D eigenvalue weighted by molar-refractivity contribution is 6.31. The molecule has 0 saturated carbocycles. The summed E-state index contributed by atoms with van der Waals surface area (Å²) in [6, 6.07) is 10.6. The van der Waals surface area contributed by atoms with Gasteiger partial charge < -0.3 is 9.47 Å². The molecule has 0 saturated heterocycles. The summed E-state index contributed by atoms with van der Waals surface area (Å²) in [5, 5.41) is 0.310. The van der Waals surface area contributed by atoms with Gasteiger partial charge in [0, 0.05) is 5.56 Å². The van der Waals surface area contributed by atoms with E-state index in [1.165, 1.54) is 18.2 Å². The van der Waals surface area contributed by atoms with E-state index in [-0.39, 0.29) is 13.2 Å². The lowest BCUT2D eigenvalue weighted by Crippen LogP contribution is -2.05. The van der Waals surface area contributed by atoms with Gasteiger partial charge in [-0.3, -0.25) is 0 Å². The predicted molar refractivity (Wildman–Crippen MR) is 82.7 cm³/mol. The van der Waals surface area contributed by atoms with Crippen molar-refractivity contribution < 1.29 is 18.7 Å². The molecule has 0 aliphatic carbocycles. The third-order valence-corrected chi connectivity index (χ3v) is 3.18. The van der Waals surface area contributed by atoms with Gasteiger partial charge in [0.1, 0.15) is 24.8 Å². The number of rotatable bonds is 6. The number of carbonyl (C=O) groups is 1. The Morgan fingerprint density at radius 2 is 1.95 bits per heavy atom. The van der Waals surface area contributed by atoms with Crippen molar-refractivity contribution in [1.29, 1.82) is 0 Å². The molecule has 0 radical (unpaired) electrons. The average Bonchev–Trinajstić information content (AvgIpc) is 2.52. The number of ether oxygens (including phenoxy) is 2. The van der Waals surface area contributed by atoms with Crippen LogP contribution in [0.5, 0.6) is 5.75 Å². The highest BCUT2D eigenvalue weighted by Crippen LogP contribution is 2.20. The van der Waals surface area contributed by atoms with Crippen LogP contribution in [-0.2, 0) is 11.3 Å². The molecule has 0 fully saturated rings. The van der Waals surface area contributed by atoms with Gasteiger partial charge in [0.05, 0.1) is 10.6 Å². The fourth-order valence-corrected chi connectivity index (χ4v) is 1.93. The zero-order valence-corrected chi connectivity index (χ0v) is 12.5. The lowest BCUT2D eigenvalue weighted by molar-refractivity contribution is 0.0549. The van der Waals surface area contributed by atoms with Crippen LogP contribution >= 0.6 is 11.6 Å². The summed E-state index contributed by atoms with van der Waals surface area (Å²) < 4.78 is 23.4. The first kappa shape index (κ1) is 16.0. The van der Waals surface area contributed by atoms with E-state index in [1.807, 2.05) is 0 Å². The molecule has 0 aliphatic heterocycles. The Hall–Kier alpha value is -2.33. The molecule has 0 amide bonds. The molecule has 0 unspecified atom stereocenters. The van der Waals surface area contributed by atoms with E-state index in [0.29, 0.717) is 21.9 Å². The second-order valence-electron chi connectivity index (χ2n) is 4.44. The maximum absolute atomic E-state index is 12.9. The largest absolute Gasteiger partial charge is 0.489 e. The van der Waals surface area contributed by atoms with E-state index in [1.54, 1.807) is 30.3 Å². The van der Waals surface area contributed by atoms with Crippen LogP contribution in [0.1, 0.15) is 15.9 Å². The Morgan fingerprint density at radius 1 is 1.23 bits per heavy atom. The third-order valence-electron chi connectivity index (χ3n) is 2.83. The van der Waals surface area contributed by atoms with E-state index in [4.69, 9.17) is 21.1 Å². The van der Waals surface area contributed by atoms with Crippen molar-refractivity contribution in [1.82, 2.24) is 0 Å². The highest BCUT2D eigenvalue weighted by atomic mass is 35.5. The Bertz CT molecular complexity index is 668. The monoisotopic (exact) mass is 320 g/mol. The molecule has 0 aromatic heterocycles. The highest BCUT2D eigenvalue weighted by Gasteiger charge is 2.07. The lowest BCUT2D eigenvalue weighted by Gasteiger charge is -2.08. The molecule has 22 heavy (non-hydrogen) atoms. The minimum atomic E-state index is -0.423. The van der Waals surface area contributed by atoms with Gasteiger partial charge in [-0.15, -0.1) is 0 Å². The normalized spacial score (nSPS) is 10.1. The van der Waals surface area contributed by atoms with Crippen LogP contribution in [0.4, 0.5) is 4.39 Å². The molecule has 2 aromatic carbocycles. The molecule has 0 N–H and O–H groups in total. The van der Waals surface area contributed by atoms with Crippen LogP contribution < -0.4 is 4.74 Å². The van der Waals surface area contributed by atoms with Gasteiger partial charge in [0.25, 0.3) is 0 Å². The first-order valence-corrected chi connectivity index (χ1v) is 6.93. The number of benzene rings is 2. The van der Waals surface area contributed by atoms with Gasteiger partial charge in [-0.05, 0) is 36.4 Å². The fraction of sp³-hybridized carbons (Fsp3) is 0.118. The lowest BCUT2D eigenvalue weighted by atomic mass is 10.2. The van der Waals surface area contributed by atoms with E-state index in [2.05, 4.69) is 6.58 Å². The number of hydrogen-bond donors (Lipinski definition) is 0. The molecule has 5 heteroatoms. The van der Waals surface area contributed by atoms with Crippen molar-refractivity contribution >= 4 is 17.6 Å². The molecule has 0 aliphatic rings. The van der Waals surface area contributed by atoms with Crippen LogP contribution in [-0.4, -0.2) is 12.6 Å². The minimum Gasteiger partial charge on any atom is -0.489 e. The zero-order valence-electron chi connectivity index (χ0n) is 11.7. The summed E-state index contributed by atoms with van der Waals surface area (Å²) in [6.07, 6.45) is 1.50. The summed E-state index contributed by atoms with van der Waals surface area (Å²) in [5.74, 6) is -0.246. The summed E-state index contributed by atoms with van der Waals surface area (Å²) in [7, 11) is 0. The van der Waals surface area contributed by atoms with Crippen molar-refractivity contribution in [2.45, 2.75) is 6.61 Å². The quantitative estimate of drug-likeness (QED) is 0.584. The van der Waals surface area contributed by atoms with Crippen LogP contribution in [0.25, 0.3) is 0 Å². The Balaban J connectivity index is 1.96.